The molecule has 1 atom stereocenters. The topological polar surface area (TPSA) is 72.5 Å². The van der Waals surface area contributed by atoms with E-state index in [1.54, 1.807) is 24.3 Å². The highest BCUT2D eigenvalue weighted by Crippen LogP contribution is 2.27. The molecule has 0 saturated heterocycles. The number of carbonyl (C=O) groups is 1. The van der Waals surface area contributed by atoms with E-state index >= 15 is 0 Å². The minimum Gasteiger partial charge on any atom is -0.483 e. The predicted octanol–water partition coefficient (Wildman–Crippen LogP) is 4.17. The van der Waals surface area contributed by atoms with Crippen LogP contribution in [-0.2, 0) is 14.6 Å². The minimum absolute atomic E-state index is 0.0684. The summed E-state index contributed by atoms with van der Waals surface area (Å²) >= 11 is 0. The third-order valence-electron chi connectivity index (χ3n) is 4.60. The van der Waals surface area contributed by atoms with Gasteiger partial charge < -0.3 is 10.1 Å². The number of sulfone groups is 1. The molecule has 0 spiro atoms. The van der Waals surface area contributed by atoms with Crippen molar-refractivity contribution >= 4 is 15.7 Å². The first-order chi connectivity index (χ1) is 13.1. The molecule has 6 heteroatoms. The smallest absolute Gasteiger partial charge is 0.258 e. The van der Waals surface area contributed by atoms with Crippen LogP contribution in [0.25, 0.3) is 0 Å². The molecule has 1 N–H and O–H groups in total. The van der Waals surface area contributed by atoms with Gasteiger partial charge in [0.05, 0.1) is 10.9 Å². The van der Waals surface area contributed by atoms with Crippen LogP contribution in [0, 0.1) is 6.92 Å². The molecule has 2 rings (SSSR count). The highest BCUT2D eigenvalue weighted by molar-refractivity contribution is 7.90. The zero-order valence-electron chi connectivity index (χ0n) is 17.2. The summed E-state index contributed by atoms with van der Waals surface area (Å²) in [6.45, 7) is 8.06. The average Bonchev–Trinajstić information content (AvgIpc) is 2.63. The average molecular weight is 404 g/mol. The number of rotatable bonds is 8. The summed E-state index contributed by atoms with van der Waals surface area (Å²) in [5, 5.41) is 2.96. The molecule has 5 nitrogen and oxygen atoms in total. The Bertz CT molecular complexity index is 918. The van der Waals surface area contributed by atoms with Crippen LogP contribution in [0.2, 0.25) is 0 Å². The van der Waals surface area contributed by atoms with Crippen molar-refractivity contribution in [2.75, 3.05) is 12.9 Å². The maximum atomic E-state index is 12.4. The van der Waals surface area contributed by atoms with Gasteiger partial charge in [0, 0.05) is 6.26 Å². The number of aryl methyl sites for hydroxylation is 1. The van der Waals surface area contributed by atoms with E-state index in [-0.39, 0.29) is 23.5 Å². The van der Waals surface area contributed by atoms with E-state index in [2.05, 4.69) is 19.2 Å². The molecule has 0 aliphatic heterocycles. The second-order valence-electron chi connectivity index (χ2n) is 7.35. The van der Waals surface area contributed by atoms with Crippen molar-refractivity contribution in [1.29, 1.82) is 0 Å². The van der Waals surface area contributed by atoms with Crippen LogP contribution < -0.4 is 10.1 Å². The van der Waals surface area contributed by atoms with Gasteiger partial charge in [0.15, 0.2) is 16.4 Å². The molecule has 0 saturated carbocycles. The maximum Gasteiger partial charge on any atom is 0.258 e. The number of hydrogen-bond acceptors (Lipinski definition) is 4. The first-order valence-electron chi connectivity index (χ1n) is 9.44. The quantitative estimate of drug-likeness (QED) is 0.718. The molecule has 0 heterocycles. The Morgan fingerprint density at radius 3 is 2.29 bits per heavy atom. The van der Waals surface area contributed by atoms with Gasteiger partial charge in [0.25, 0.3) is 5.91 Å². The molecular formula is C22H29NO4S. The predicted molar refractivity (Wildman–Crippen MR) is 111 cm³/mol. The number of nitrogens with one attached hydrogen (secondary N) is 1. The Balaban J connectivity index is 2.04. The van der Waals surface area contributed by atoms with Gasteiger partial charge in [-0.2, -0.15) is 0 Å². The van der Waals surface area contributed by atoms with Gasteiger partial charge in [0.2, 0.25) is 0 Å². The largest absolute Gasteiger partial charge is 0.483 e. The summed E-state index contributed by atoms with van der Waals surface area (Å²) in [5.74, 6) is 0.821. The van der Waals surface area contributed by atoms with Crippen molar-refractivity contribution in [2.24, 2.45) is 0 Å². The standard InChI is InChI=1S/C22H29NO4S/c1-6-20(17-8-10-18(11-9-17)28(5,25)26)23-22(24)14-27-21-13-16(4)7-12-19(21)15(2)3/h7-13,15,20H,6,14H2,1-5H3,(H,23,24)/t20-/m0/s1. The normalized spacial score (nSPS) is 12.6. The molecule has 2 aromatic rings. The van der Waals surface area contributed by atoms with Crippen LogP contribution in [-0.4, -0.2) is 27.2 Å². The Morgan fingerprint density at radius 2 is 1.75 bits per heavy atom. The summed E-state index contributed by atoms with van der Waals surface area (Å²) in [4.78, 5) is 12.7. The lowest BCUT2D eigenvalue weighted by Gasteiger charge is -2.19. The fourth-order valence-corrected chi connectivity index (χ4v) is 3.62. The molecule has 1 amide bonds. The third kappa shape index (κ3) is 5.83. The highest BCUT2D eigenvalue weighted by atomic mass is 32.2. The Kier molecular flexibility index (Phi) is 7.24. The summed E-state index contributed by atoms with van der Waals surface area (Å²) in [5.41, 5.74) is 3.01. The van der Waals surface area contributed by atoms with Crippen molar-refractivity contribution < 1.29 is 17.9 Å². The second-order valence-corrected chi connectivity index (χ2v) is 9.37. The Morgan fingerprint density at radius 1 is 1.11 bits per heavy atom. The lowest BCUT2D eigenvalue weighted by Crippen LogP contribution is -2.32. The Hall–Kier alpha value is -2.34. The van der Waals surface area contributed by atoms with Crippen LogP contribution in [0.3, 0.4) is 0 Å². The van der Waals surface area contributed by atoms with Crippen molar-refractivity contribution in [3.63, 3.8) is 0 Å². The van der Waals surface area contributed by atoms with Crippen LogP contribution in [0.4, 0.5) is 0 Å². The number of hydrogen-bond donors (Lipinski definition) is 1. The lowest BCUT2D eigenvalue weighted by atomic mass is 10.0. The van der Waals surface area contributed by atoms with Gasteiger partial charge >= 0.3 is 0 Å². The third-order valence-corrected chi connectivity index (χ3v) is 5.73. The lowest BCUT2D eigenvalue weighted by molar-refractivity contribution is -0.123. The van der Waals surface area contributed by atoms with E-state index in [4.69, 9.17) is 4.74 Å². The first kappa shape index (κ1) is 22.0. The van der Waals surface area contributed by atoms with E-state index in [0.29, 0.717) is 12.3 Å². The molecule has 0 aromatic heterocycles. The molecule has 0 aliphatic carbocycles. The molecule has 0 fully saturated rings. The van der Waals surface area contributed by atoms with Crippen molar-refractivity contribution in [3.8, 4) is 5.75 Å². The van der Waals surface area contributed by atoms with E-state index in [9.17, 15) is 13.2 Å². The van der Waals surface area contributed by atoms with Crippen LogP contribution in [0.5, 0.6) is 5.75 Å². The van der Waals surface area contributed by atoms with Crippen LogP contribution in [0.1, 0.15) is 55.8 Å². The van der Waals surface area contributed by atoms with E-state index < -0.39 is 9.84 Å². The number of ether oxygens (including phenoxy) is 1. The van der Waals surface area contributed by atoms with E-state index in [1.165, 1.54) is 6.26 Å². The van der Waals surface area contributed by atoms with Gasteiger partial charge in [-0.15, -0.1) is 0 Å². The summed E-state index contributed by atoms with van der Waals surface area (Å²) in [6.07, 6.45) is 1.86. The van der Waals surface area contributed by atoms with Gasteiger partial charge in [0.1, 0.15) is 5.75 Å². The number of carbonyl (C=O) groups excluding carboxylic acids is 1. The SMILES string of the molecule is CC[C@H](NC(=O)COc1cc(C)ccc1C(C)C)c1ccc(S(C)(=O)=O)cc1. The first-order valence-corrected chi connectivity index (χ1v) is 11.3. The molecular weight excluding hydrogens is 374 g/mol. The molecule has 0 aliphatic rings. The van der Waals surface area contributed by atoms with E-state index in [1.807, 2.05) is 32.0 Å². The van der Waals surface area contributed by atoms with Crippen molar-refractivity contribution in [2.45, 2.75) is 51.0 Å². The fourth-order valence-electron chi connectivity index (χ4n) is 2.99. The minimum atomic E-state index is -3.24. The van der Waals surface area contributed by atoms with E-state index in [0.717, 1.165) is 22.4 Å². The number of benzene rings is 2. The monoisotopic (exact) mass is 403 g/mol. The summed E-state index contributed by atoms with van der Waals surface area (Å²) in [7, 11) is -3.24. The van der Waals surface area contributed by atoms with Gasteiger partial charge in [-0.25, -0.2) is 8.42 Å². The van der Waals surface area contributed by atoms with Crippen LogP contribution in [0.15, 0.2) is 47.4 Å². The summed E-state index contributed by atoms with van der Waals surface area (Å²) < 4.78 is 29.0. The van der Waals surface area contributed by atoms with Gasteiger partial charge in [-0.1, -0.05) is 45.0 Å². The molecule has 152 valence electrons. The molecule has 0 unspecified atom stereocenters. The zero-order chi connectivity index (χ0) is 20.9. The molecule has 2 aromatic carbocycles. The van der Waals surface area contributed by atoms with Gasteiger partial charge in [-0.05, 0) is 54.2 Å². The zero-order valence-corrected chi connectivity index (χ0v) is 18.0. The molecule has 0 bridgehead atoms. The molecule has 28 heavy (non-hydrogen) atoms. The highest BCUT2D eigenvalue weighted by Gasteiger charge is 2.16. The van der Waals surface area contributed by atoms with Gasteiger partial charge in [-0.3, -0.25) is 4.79 Å². The second kappa shape index (κ2) is 9.24. The summed E-state index contributed by atoms with van der Waals surface area (Å²) in [6, 6.07) is 12.4. The molecule has 0 radical (unpaired) electrons. The Labute approximate surface area is 168 Å². The van der Waals surface area contributed by atoms with Crippen molar-refractivity contribution in [3.05, 3.63) is 59.2 Å². The fraction of sp³-hybridized carbons (Fsp3) is 0.409. The maximum absolute atomic E-state index is 12.4. The van der Waals surface area contributed by atoms with Crippen LogP contribution >= 0.6 is 0 Å². The van der Waals surface area contributed by atoms with Crippen molar-refractivity contribution in [1.82, 2.24) is 5.32 Å². The number of amides is 1.